The Morgan fingerprint density at radius 2 is 2.00 bits per heavy atom. The summed E-state index contributed by atoms with van der Waals surface area (Å²) in [7, 11) is 0. The van der Waals surface area contributed by atoms with Crippen LogP contribution in [0.25, 0.3) is 0 Å². The smallest absolute Gasteiger partial charge is 0.337 e. The van der Waals surface area contributed by atoms with Crippen LogP contribution < -0.4 is 0 Å². The molecule has 2 nitrogen and oxygen atoms in total. The number of benzene rings is 1. The monoisotopic (exact) mass is 230 g/mol. The Morgan fingerprint density at radius 3 is 2.50 bits per heavy atom. The minimum absolute atomic E-state index is 0.156. The van der Waals surface area contributed by atoms with E-state index in [1.807, 2.05) is 0 Å². The van der Waals surface area contributed by atoms with Crippen LogP contribution in [-0.2, 0) is 0 Å². The van der Waals surface area contributed by atoms with E-state index in [2.05, 4.69) is 0 Å². The van der Waals surface area contributed by atoms with Gasteiger partial charge in [-0.2, -0.15) is 0 Å². The van der Waals surface area contributed by atoms with Gasteiger partial charge in [-0.15, -0.1) is 0 Å². The number of aromatic carboxylic acids is 1. The number of halogens is 2. The maximum atomic E-state index is 11.0. The molecular formula is C10H8Cl2O2. The topological polar surface area (TPSA) is 37.3 Å². The van der Waals surface area contributed by atoms with Gasteiger partial charge >= 0.3 is 5.97 Å². The van der Waals surface area contributed by atoms with Crippen molar-refractivity contribution in [3.63, 3.8) is 0 Å². The lowest BCUT2D eigenvalue weighted by Crippen LogP contribution is -2.03. The lowest BCUT2D eigenvalue weighted by molar-refractivity contribution is 0.0696. The Morgan fingerprint density at radius 1 is 1.36 bits per heavy atom. The lowest BCUT2D eigenvalue weighted by Gasteiger charge is -2.07. The van der Waals surface area contributed by atoms with Crippen LogP contribution in [-0.4, -0.2) is 11.1 Å². The average Bonchev–Trinajstić information content (AvgIpc) is 2.91. The molecule has 4 heteroatoms. The molecule has 1 aliphatic rings. The Balaban J connectivity index is 2.59. The van der Waals surface area contributed by atoms with Gasteiger partial charge < -0.3 is 5.11 Å². The van der Waals surface area contributed by atoms with Gasteiger partial charge in [-0.1, -0.05) is 29.3 Å². The number of rotatable bonds is 2. The first-order valence-corrected chi connectivity index (χ1v) is 5.08. The van der Waals surface area contributed by atoms with E-state index in [9.17, 15) is 4.79 Å². The number of hydrogen-bond donors (Lipinski definition) is 1. The first-order valence-electron chi connectivity index (χ1n) is 4.32. The summed E-state index contributed by atoms with van der Waals surface area (Å²) in [6, 6.07) is 3.42. The normalized spacial score (nSPS) is 15.6. The van der Waals surface area contributed by atoms with Crippen LogP contribution in [0.5, 0.6) is 0 Å². The van der Waals surface area contributed by atoms with Gasteiger partial charge in [0.15, 0.2) is 0 Å². The van der Waals surface area contributed by atoms with E-state index < -0.39 is 5.97 Å². The molecule has 0 aromatic heterocycles. The van der Waals surface area contributed by atoms with Gasteiger partial charge in [-0.3, -0.25) is 0 Å². The van der Waals surface area contributed by atoms with Crippen LogP contribution in [0.3, 0.4) is 0 Å². The first-order chi connectivity index (χ1) is 6.61. The third-order valence-electron chi connectivity index (χ3n) is 2.36. The van der Waals surface area contributed by atoms with Crippen molar-refractivity contribution in [3.8, 4) is 0 Å². The zero-order valence-corrected chi connectivity index (χ0v) is 8.77. The number of hydrogen-bond acceptors (Lipinski definition) is 1. The SMILES string of the molecule is O=C(O)c1c(C2CC2)ccc(Cl)c1Cl. The largest absolute Gasteiger partial charge is 0.478 e. The van der Waals surface area contributed by atoms with E-state index in [-0.39, 0.29) is 10.6 Å². The average molecular weight is 231 g/mol. The molecule has 2 rings (SSSR count). The molecule has 0 heterocycles. The van der Waals surface area contributed by atoms with Gasteiger partial charge in [0.05, 0.1) is 15.6 Å². The van der Waals surface area contributed by atoms with Gasteiger partial charge in [-0.05, 0) is 30.4 Å². The van der Waals surface area contributed by atoms with Crippen LogP contribution in [0.15, 0.2) is 12.1 Å². The van der Waals surface area contributed by atoms with Crippen molar-refractivity contribution in [2.24, 2.45) is 0 Å². The molecule has 1 aromatic carbocycles. The van der Waals surface area contributed by atoms with Crippen molar-refractivity contribution in [1.29, 1.82) is 0 Å². The summed E-state index contributed by atoms with van der Waals surface area (Å²) in [5, 5.41) is 9.46. The molecule has 1 aromatic rings. The molecule has 74 valence electrons. The highest BCUT2D eigenvalue weighted by atomic mass is 35.5. The minimum atomic E-state index is -1.00. The van der Waals surface area contributed by atoms with Crippen LogP contribution in [0.4, 0.5) is 0 Å². The van der Waals surface area contributed by atoms with Crippen LogP contribution in [0, 0.1) is 0 Å². The van der Waals surface area contributed by atoms with E-state index in [4.69, 9.17) is 28.3 Å². The summed E-state index contributed by atoms with van der Waals surface area (Å²) < 4.78 is 0. The number of carboxylic acid groups (broad SMARTS) is 1. The maximum absolute atomic E-state index is 11.0. The van der Waals surface area contributed by atoms with E-state index in [0.717, 1.165) is 18.4 Å². The third kappa shape index (κ3) is 1.60. The standard InChI is InChI=1S/C10H8Cl2O2/c11-7-4-3-6(5-1-2-5)8(9(7)12)10(13)14/h3-5H,1-2H2,(H,13,14). The molecule has 0 saturated heterocycles. The second kappa shape index (κ2) is 3.44. The molecule has 1 saturated carbocycles. The van der Waals surface area contributed by atoms with Crippen molar-refractivity contribution >= 4 is 29.2 Å². The Hall–Kier alpha value is -0.730. The molecule has 0 bridgehead atoms. The molecule has 0 radical (unpaired) electrons. The second-order valence-corrected chi connectivity index (χ2v) is 4.19. The van der Waals surface area contributed by atoms with E-state index in [0.29, 0.717) is 10.9 Å². The predicted molar refractivity (Wildman–Crippen MR) is 55.4 cm³/mol. The zero-order valence-electron chi connectivity index (χ0n) is 7.26. The summed E-state index contributed by atoms with van der Waals surface area (Å²) >= 11 is 11.6. The molecule has 1 N–H and O–H groups in total. The minimum Gasteiger partial charge on any atom is -0.478 e. The highest BCUT2D eigenvalue weighted by Crippen LogP contribution is 2.44. The van der Waals surface area contributed by atoms with Crippen LogP contribution >= 0.6 is 23.2 Å². The molecule has 1 fully saturated rings. The van der Waals surface area contributed by atoms with Crippen molar-refractivity contribution in [2.75, 3.05) is 0 Å². The van der Waals surface area contributed by atoms with Crippen molar-refractivity contribution in [2.45, 2.75) is 18.8 Å². The highest BCUT2D eigenvalue weighted by molar-refractivity contribution is 6.43. The first kappa shape index (κ1) is 9.81. The van der Waals surface area contributed by atoms with Crippen molar-refractivity contribution in [1.82, 2.24) is 0 Å². The van der Waals surface area contributed by atoms with Crippen molar-refractivity contribution in [3.05, 3.63) is 33.3 Å². The second-order valence-electron chi connectivity index (χ2n) is 3.41. The zero-order chi connectivity index (χ0) is 10.3. The molecular weight excluding hydrogens is 223 g/mol. The summed E-state index contributed by atoms with van der Waals surface area (Å²) in [6.07, 6.45) is 2.08. The maximum Gasteiger partial charge on any atom is 0.337 e. The highest BCUT2D eigenvalue weighted by Gasteiger charge is 2.30. The van der Waals surface area contributed by atoms with Crippen molar-refractivity contribution < 1.29 is 9.90 Å². The van der Waals surface area contributed by atoms with Crippen LogP contribution in [0.2, 0.25) is 10.0 Å². The third-order valence-corrected chi connectivity index (χ3v) is 3.16. The summed E-state index contributed by atoms with van der Waals surface area (Å²) in [5.41, 5.74) is 0.980. The van der Waals surface area contributed by atoms with E-state index in [1.165, 1.54) is 0 Å². The molecule has 0 amide bonds. The van der Waals surface area contributed by atoms with E-state index >= 15 is 0 Å². The summed E-state index contributed by atoms with van der Waals surface area (Å²) in [4.78, 5) is 11.0. The molecule has 14 heavy (non-hydrogen) atoms. The Labute approximate surface area is 91.4 Å². The Bertz CT molecular complexity index is 397. The van der Waals surface area contributed by atoms with E-state index in [1.54, 1.807) is 12.1 Å². The summed E-state index contributed by atoms with van der Waals surface area (Å²) in [6.45, 7) is 0. The fourth-order valence-corrected chi connectivity index (χ4v) is 1.93. The quantitative estimate of drug-likeness (QED) is 0.844. The van der Waals surface area contributed by atoms with Gasteiger partial charge in [0, 0.05) is 0 Å². The molecule has 0 aliphatic heterocycles. The number of carbonyl (C=O) groups is 1. The fraction of sp³-hybridized carbons (Fsp3) is 0.300. The molecule has 0 atom stereocenters. The lowest BCUT2D eigenvalue weighted by atomic mass is 10.0. The fourth-order valence-electron chi connectivity index (χ4n) is 1.52. The predicted octanol–water partition coefficient (Wildman–Crippen LogP) is 3.57. The van der Waals surface area contributed by atoms with Gasteiger partial charge in [-0.25, -0.2) is 4.79 Å². The molecule has 0 unspecified atom stereocenters. The van der Waals surface area contributed by atoms with Gasteiger partial charge in [0.25, 0.3) is 0 Å². The van der Waals surface area contributed by atoms with Gasteiger partial charge in [0.2, 0.25) is 0 Å². The Kier molecular flexibility index (Phi) is 2.41. The number of carboxylic acids is 1. The van der Waals surface area contributed by atoms with Crippen LogP contribution in [0.1, 0.15) is 34.7 Å². The molecule has 1 aliphatic carbocycles. The summed E-state index contributed by atoms with van der Waals surface area (Å²) in [5.74, 6) is -0.643. The molecule has 0 spiro atoms. The van der Waals surface area contributed by atoms with Gasteiger partial charge in [0.1, 0.15) is 0 Å².